The molecule has 186 valence electrons. The van der Waals surface area contributed by atoms with Gasteiger partial charge in [0.25, 0.3) is 0 Å². The molecule has 0 bridgehead atoms. The minimum atomic E-state index is 0. The van der Waals surface area contributed by atoms with Crippen LogP contribution in [0.1, 0.15) is 26.3 Å². The first kappa shape index (κ1) is 26.4. The molecule has 7 heteroatoms. The molecule has 0 fully saturated rings. The van der Waals surface area contributed by atoms with Crippen LogP contribution in [0.15, 0.2) is 72.8 Å². The van der Waals surface area contributed by atoms with Gasteiger partial charge in [-0.05, 0) is 47.4 Å². The van der Waals surface area contributed by atoms with Crippen molar-refractivity contribution in [2.45, 2.75) is 39.3 Å². The third-order valence-electron chi connectivity index (χ3n) is 5.92. The molecule has 0 aliphatic carbocycles. The topological polar surface area (TPSA) is 61.4 Å². The zero-order valence-corrected chi connectivity index (χ0v) is 22.5. The van der Waals surface area contributed by atoms with E-state index in [9.17, 15) is 0 Å². The molecule has 0 radical (unpaired) electrons. The number of benzene rings is 3. The van der Waals surface area contributed by atoms with E-state index in [0.717, 1.165) is 16.8 Å². The van der Waals surface area contributed by atoms with Gasteiger partial charge < -0.3 is 23.3 Å². The second-order valence-electron chi connectivity index (χ2n) is 9.24. The minimum absolute atomic E-state index is 0. The van der Waals surface area contributed by atoms with E-state index in [0.29, 0.717) is 43.4 Å². The van der Waals surface area contributed by atoms with Gasteiger partial charge >= 0.3 is 0 Å². The van der Waals surface area contributed by atoms with E-state index in [1.807, 2.05) is 69.8 Å². The molecule has 4 aromatic rings. The molecule has 1 N–H and O–H groups in total. The summed E-state index contributed by atoms with van der Waals surface area (Å²) in [5.41, 5.74) is 3.84. The summed E-state index contributed by atoms with van der Waals surface area (Å²) in [4.78, 5) is 0. The van der Waals surface area contributed by atoms with E-state index < -0.39 is 0 Å². The molecule has 4 rings (SSSR count). The van der Waals surface area contributed by atoms with Crippen molar-refractivity contribution in [2.75, 3.05) is 20.3 Å². The SMILES string of the molecule is Br.COc1ccccc1OCCn1c(=N)n(CCOc2ccc(C(C)(C)C)cc2)c2ccccc21. The number of ether oxygens (including phenoxy) is 3. The third kappa shape index (κ3) is 6.09. The van der Waals surface area contributed by atoms with Gasteiger partial charge in [-0.1, -0.05) is 57.2 Å². The van der Waals surface area contributed by atoms with E-state index in [4.69, 9.17) is 19.6 Å². The number of hydrogen-bond acceptors (Lipinski definition) is 4. The normalized spacial score (nSPS) is 11.2. The van der Waals surface area contributed by atoms with Crippen molar-refractivity contribution < 1.29 is 14.2 Å². The summed E-state index contributed by atoms with van der Waals surface area (Å²) in [6.07, 6.45) is 0. The first-order valence-corrected chi connectivity index (χ1v) is 11.6. The van der Waals surface area contributed by atoms with E-state index in [1.165, 1.54) is 5.56 Å². The molecule has 1 aromatic heterocycles. The fraction of sp³-hybridized carbons (Fsp3) is 0.321. The molecule has 0 amide bonds. The van der Waals surface area contributed by atoms with Crippen LogP contribution in [0.25, 0.3) is 11.0 Å². The van der Waals surface area contributed by atoms with Gasteiger partial charge in [0.15, 0.2) is 11.5 Å². The lowest BCUT2D eigenvalue weighted by Gasteiger charge is -2.19. The molecule has 35 heavy (non-hydrogen) atoms. The highest BCUT2D eigenvalue weighted by molar-refractivity contribution is 8.93. The van der Waals surface area contributed by atoms with E-state index in [2.05, 4.69) is 32.9 Å². The molecule has 0 spiro atoms. The Labute approximate surface area is 217 Å². The molecular formula is C28H34BrN3O3. The van der Waals surface area contributed by atoms with Crippen molar-refractivity contribution in [1.82, 2.24) is 9.13 Å². The van der Waals surface area contributed by atoms with Crippen molar-refractivity contribution in [3.8, 4) is 17.2 Å². The smallest absolute Gasteiger partial charge is 0.203 e. The van der Waals surface area contributed by atoms with Gasteiger partial charge in [0.05, 0.1) is 31.2 Å². The van der Waals surface area contributed by atoms with Gasteiger partial charge in [-0.3, -0.25) is 5.41 Å². The van der Waals surface area contributed by atoms with Crippen molar-refractivity contribution in [3.05, 3.63) is 84.0 Å². The maximum absolute atomic E-state index is 8.81. The number of halogens is 1. The first-order valence-electron chi connectivity index (χ1n) is 11.6. The molecule has 0 saturated heterocycles. The summed E-state index contributed by atoms with van der Waals surface area (Å²) in [7, 11) is 1.63. The van der Waals surface area contributed by atoms with Gasteiger partial charge in [0, 0.05) is 0 Å². The molecule has 0 aliphatic rings. The molecule has 0 aliphatic heterocycles. The predicted molar refractivity (Wildman–Crippen MR) is 145 cm³/mol. The van der Waals surface area contributed by atoms with Crippen molar-refractivity contribution in [1.29, 1.82) is 5.41 Å². The Kier molecular flexibility index (Phi) is 8.67. The van der Waals surface area contributed by atoms with Crippen LogP contribution in [0.2, 0.25) is 0 Å². The summed E-state index contributed by atoms with van der Waals surface area (Å²) in [6, 6.07) is 24.0. The highest BCUT2D eigenvalue weighted by atomic mass is 79.9. The van der Waals surface area contributed by atoms with Gasteiger partial charge in [-0.2, -0.15) is 0 Å². The predicted octanol–water partition coefficient (Wildman–Crippen LogP) is 5.96. The molecule has 6 nitrogen and oxygen atoms in total. The van der Waals surface area contributed by atoms with Gasteiger partial charge in [-0.15, -0.1) is 17.0 Å². The fourth-order valence-electron chi connectivity index (χ4n) is 4.04. The third-order valence-corrected chi connectivity index (χ3v) is 5.92. The molecule has 0 unspecified atom stereocenters. The van der Waals surface area contributed by atoms with Crippen LogP contribution in [-0.2, 0) is 18.5 Å². The van der Waals surface area contributed by atoms with Crippen LogP contribution in [0.3, 0.4) is 0 Å². The number of fused-ring (bicyclic) bond motifs is 1. The van der Waals surface area contributed by atoms with Gasteiger partial charge in [-0.25, -0.2) is 0 Å². The number of hydrogen-bond donors (Lipinski definition) is 1. The van der Waals surface area contributed by atoms with E-state index >= 15 is 0 Å². The summed E-state index contributed by atoms with van der Waals surface area (Å²) in [6.45, 7) is 8.66. The van der Waals surface area contributed by atoms with Crippen LogP contribution in [0.5, 0.6) is 17.2 Å². The van der Waals surface area contributed by atoms with Crippen LogP contribution >= 0.6 is 17.0 Å². The van der Waals surface area contributed by atoms with Crippen molar-refractivity contribution >= 4 is 28.0 Å². The van der Waals surface area contributed by atoms with Crippen molar-refractivity contribution in [2.24, 2.45) is 0 Å². The minimum Gasteiger partial charge on any atom is -0.493 e. The van der Waals surface area contributed by atoms with Gasteiger partial charge in [0.1, 0.15) is 19.0 Å². The number of methoxy groups -OCH3 is 1. The first-order chi connectivity index (χ1) is 16.4. The summed E-state index contributed by atoms with van der Waals surface area (Å²) in [5.74, 6) is 2.24. The number of nitrogens with zero attached hydrogens (tertiary/aromatic N) is 2. The monoisotopic (exact) mass is 539 g/mol. The lowest BCUT2D eigenvalue weighted by molar-refractivity contribution is 0.275. The highest BCUT2D eigenvalue weighted by Crippen LogP contribution is 2.26. The second kappa shape index (κ2) is 11.5. The van der Waals surface area contributed by atoms with Crippen molar-refractivity contribution in [3.63, 3.8) is 0 Å². The Morgan fingerprint density at radius 1 is 0.714 bits per heavy atom. The van der Waals surface area contributed by atoms with E-state index in [1.54, 1.807) is 7.11 Å². The summed E-state index contributed by atoms with van der Waals surface area (Å²) < 4.78 is 21.3. The molecule has 3 aromatic carbocycles. The zero-order chi connectivity index (χ0) is 24.1. The molecular weight excluding hydrogens is 506 g/mol. The Hall–Kier alpha value is -3.19. The Morgan fingerprint density at radius 2 is 1.23 bits per heavy atom. The number of imidazole rings is 1. The second-order valence-corrected chi connectivity index (χ2v) is 9.24. The average Bonchev–Trinajstić information content (AvgIpc) is 3.10. The molecule has 0 atom stereocenters. The Bertz CT molecular complexity index is 1300. The standard InChI is InChI=1S/C28H33N3O3.BrH/c1-28(2,3)21-13-15-22(16-14-21)33-19-17-30-23-9-5-6-10-24(23)31(27(30)29)18-20-34-26-12-8-7-11-25(26)32-4;/h5-16,29H,17-20H2,1-4H3;1H. The van der Waals surface area contributed by atoms with Crippen LogP contribution < -0.4 is 19.8 Å². The quantitative estimate of drug-likeness (QED) is 0.285. The lowest BCUT2D eigenvalue weighted by Crippen LogP contribution is -2.28. The maximum atomic E-state index is 8.81. The zero-order valence-electron chi connectivity index (χ0n) is 20.8. The largest absolute Gasteiger partial charge is 0.493 e. The fourth-order valence-corrected chi connectivity index (χ4v) is 4.04. The number of para-hydroxylation sites is 4. The number of rotatable bonds is 9. The maximum Gasteiger partial charge on any atom is 0.203 e. The summed E-state index contributed by atoms with van der Waals surface area (Å²) in [5, 5.41) is 8.81. The van der Waals surface area contributed by atoms with Crippen LogP contribution in [0, 0.1) is 5.41 Å². The van der Waals surface area contributed by atoms with Crippen LogP contribution in [-0.4, -0.2) is 29.5 Å². The Morgan fingerprint density at radius 3 is 1.77 bits per heavy atom. The number of aromatic nitrogens is 2. The van der Waals surface area contributed by atoms with Gasteiger partial charge in [0.2, 0.25) is 5.62 Å². The van der Waals surface area contributed by atoms with E-state index in [-0.39, 0.29) is 22.4 Å². The summed E-state index contributed by atoms with van der Waals surface area (Å²) >= 11 is 0. The molecule has 0 saturated carbocycles. The number of nitrogens with one attached hydrogen (secondary N) is 1. The average molecular weight is 541 g/mol. The lowest BCUT2D eigenvalue weighted by atomic mass is 9.87. The Balaban J connectivity index is 0.00000342. The van der Waals surface area contributed by atoms with Crippen LogP contribution in [0.4, 0.5) is 0 Å². The molecule has 1 heterocycles. The highest BCUT2D eigenvalue weighted by Gasteiger charge is 2.14.